The summed E-state index contributed by atoms with van der Waals surface area (Å²) in [5.74, 6) is 1.57. The van der Waals surface area contributed by atoms with Crippen LogP contribution in [0, 0.1) is 5.92 Å². The molecule has 17 heavy (non-hydrogen) atoms. The van der Waals surface area contributed by atoms with Gasteiger partial charge in [-0.1, -0.05) is 19.1 Å². The van der Waals surface area contributed by atoms with E-state index in [1.54, 1.807) is 0 Å². The minimum Gasteiger partial charge on any atom is -0.399 e. The van der Waals surface area contributed by atoms with Crippen molar-refractivity contribution in [1.29, 1.82) is 0 Å². The number of nitrogens with two attached hydrogens (primary N) is 1. The normalized spacial score (nSPS) is 22.2. The summed E-state index contributed by atoms with van der Waals surface area (Å²) in [6.45, 7) is 2.17. The molecule has 94 valence electrons. The van der Waals surface area contributed by atoms with Crippen LogP contribution in [0.15, 0.2) is 24.3 Å². The second-order valence-corrected chi connectivity index (χ2v) is 7.25. The molecule has 4 heteroatoms. The predicted octanol–water partition coefficient (Wildman–Crippen LogP) is 2.20. The average molecular weight is 253 g/mol. The molecule has 1 atom stereocenters. The number of sulfone groups is 1. The summed E-state index contributed by atoms with van der Waals surface area (Å²) in [6.07, 6.45) is 1.57. The molecule has 1 aliphatic heterocycles. The monoisotopic (exact) mass is 253 g/mol. The molecule has 1 aliphatic rings. The average Bonchev–Trinajstić information content (AvgIpc) is 2.29. The lowest BCUT2D eigenvalue weighted by Crippen LogP contribution is -2.26. The Morgan fingerprint density at radius 1 is 1.18 bits per heavy atom. The molecule has 1 unspecified atom stereocenters. The highest BCUT2D eigenvalue weighted by atomic mass is 32.2. The quantitative estimate of drug-likeness (QED) is 0.822. The highest BCUT2D eigenvalue weighted by molar-refractivity contribution is 7.91. The Balaban J connectivity index is 2.06. The van der Waals surface area contributed by atoms with Gasteiger partial charge >= 0.3 is 0 Å². The van der Waals surface area contributed by atoms with Crippen molar-refractivity contribution in [3.05, 3.63) is 29.8 Å². The Labute approximate surface area is 103 Å². The molecule has 0 amide bonds. The molecule has 0 saturated carbocycles. The largest absolute Gasteiger partial charge is 0.399 e. The van der Waals surface area contributed by atoms with Crippen LogP contribution < -0.4 is 5.73 Å². The minimum atomic E-state index is -2.76. The Bertz CT molecular complexity index is 465. The van der Waals surface area contributed by atoms with Crippen LogP contribution in [0.3, 0.4) is 0 Å². The fraction of sp³-hybridized carbons (Fsp3) is 0.538. The van der Waals surface area contributed by atoms with Crippen LogP contribution in [0.25, 0.3) is 0 Å². The lowest BCUT2D eigenvalue weighted by molar-refractivity contribution is 0.403. The first-order valence-electron chi connectivity index (χ1n) is 6.04. The number of hydrogen-bond acceptors (Lipinski definition) is 3. The van der Waals surface area contributed by atoms with Crippen LogP contribution in [-0.4, -0.2) is 19.9 Å². The zero-order valence-corrected chi connectivity index (χ0v) is 10.9. The predicted molar refractivity (Wildman–Crippen MR) is 70.6 cm³/mol. The first-order chi connectivity index (χ1) is 7.98. The molecule has 1 heterocycles. The summed E-state index contributed by atoms with van der Waals surface area (Å²) in [5, 5.41) is 0. The smallest absolute Gasteiger partial charge is 0.150 e. The van der Waals surface area contributed by atoms with E-state index in [-0.39, 0.29) is 0 Å². The van der Waals surface area contributed by atoms with Crippen molar-refractivity contribution in [1.82, 2.24) is 0 Å². The zero-order chi connectivity index (χ0) is 12.5. The van der Waals surface area contributed by atoms with Gasteiger partial charge in [0.2, 0.25) is 0 Å². The highest BCUT2D eigenvalue weighted by Crippen LogP contribution is 2.33. The van der Waals surface area contributed by atoms with E-state index in [2.05, 4.69) is 6.92 Å². The Kier molecular flexibility index (Phi) is 3.43. The molecule has 0 radical (unpaired) electrons. The maximum atomic E-state index is 11.4. The summed E-state index contributed by atoms with van der Waals surface area (Å²) in [7, 11) is -2.76. The third-order valence-electron chi connectivity index (χ3n) is 3.77. The van der Waals surface area contributed by atoms with Crippen molar-refractivity contribution in [3.63, 3.8) is 0 Å². The van der Waals surface area contributed by atoms with E-state index >= 15 is 0 Å². The van der Waals surface area contributed by atoms with Crippen LogP contribution in [0.5, 0.6) is 0 Å². The van der Waals surface area contributed by atoms with Gasteiger partial charge in [0.25, 0.3) is 0 Å². The molecule has 1 fully saturated rings. The minimum absolute atomic E-state index is 0.344. The Hall–Kier alpha value is -1.03. The van der Waals surface area contributed by atoms with E-state index in [1.165, 1.54) is 5.56 Å². The van der Waals surface area contributed by atoms with E-state index < -0.39 is 9.84 Å². The topological polar surface area (TPSA) is 60.2 Å². The van der Waals surface area contributed by atoms with Crippen LogP contribution >= 0.6 is 0 Å². The van der Waals surface area contributed by atoms with Gasteiger partial charge in [-0.05, 0) is 42.4 Å². The van der Waals surface area contributed by atoms with Crippen LogP contribution in [-0.2, 0) is 9.84 Å². The molecule has 2 rings (SSSR count). The van der Waals surface area contributed by atoms with Gasteiger partial charge in [-0.25, -0.2) is 8.42 Å². The SMILES string of the molecule is CC(c1ccc(N)cc1)C1CCS(=O)(=O)CC1. The number of rotatable bonds is 2. The molecule has 1 aromatic carbocycles. The molecular formula is C13H19NO2S. The second-order valence-electron chi connectivity index (χ2n) is 4.94. The van der Waals surface area contributed by atoms with Crippen molar-refractivity contribution >= 4 is 15.5 Å². The number of benzene rings is 1. The number of hydrogen-bond donors (Lipinski definition) is 1. The van der Waals surface area contributed by atoms with Crippen molar-refractivity contribution < 1.29 is 8.42 Å². The molecule has 0 bridgehead atoms. The van der Waals surface area contributed by atoms with E-state index in [9.17, 15) is 8.42 Å². The molecule has 1 saturated heterocycles. The molecule has 2 N–H and O–H groups in total. The third kappa shape index (κ3) is 3.00. The first-order valence-corrected chi connectivity index (χ1v) is 7.86. The van der Waals surface area contributed by atoms with Gasteiger partial charge in [0.1, 0.15) is 9.84 Å². The Morgan fingerprint density at radius 2 is 1.71 bits per heavy atom. The zero-order valence-electron chi connectivity index (χ0n) is 10.1. The maximum Gasteiger partial charge on any atom is 0.150 e. The maximum absolute atomic E-state index is 11.4. The van der Waals surface area contributed by atoms with Gasteiger partial charge in [0.15, 0.2) is 0 Å². The van der Waals surface area contributed by atoms with Crippen LogP contribution in [0.1, 0.15) is 31.2 Å². The third-order valence-corrected chi connectivity index (χ3v) is 5.48. The summed E-state index contributed by atoms with van der Waals surface area (Å²) >= 11 is 0. The van der Waals surface area contributed by atoms with Crippen LogP contribution in [0.2, 0.25) is 0 Å². The fourth-order valence-corrected chi connectivity index (χ4v) is 4.01. The fourth-order valence-electron chi connectivity index (χ4n) is 2.48. The summed E-state index contributed by atoms with van der Waals surface area (Å²) < 4.78 is 22.8. The van der Waals surface area contributed by atoms with Crippen molar-refractivity contribution in [3.8, 4) is 0 Å². The summed E-state index contributed by atoms with van der Waals surface area (Å²) in [4.78, 5) is 0. The van der Waals surface area contributed by atoms with Crippen LogP contribution in [0.4, 0.5) is 5.69 Å². The second kappa shape index (κ2) is 4.69. The van der Waals surface area contributed by atoms with E-state index in [0.29, 0.717) is 23.3 Å². The summed E-state index contributed by atoms with van der Waals surface area (Å²) in [6, 6.07) is 7.91. The Morgan fingerprint density at radius 3 is 2.24 bits per heavy atom. The number of nitrogen functional groups attached to an aromatic ring is 1. The molecule has 1 aromatic rings. The lowest BCUT2D eigenvalue weighted by atomic mass is 9.84. The highest BCUT2D eigenvalue weighted by Gasteiger charge is 2.27. The van der Waals surface area contributed by atoms with Crippen molar-refractivity contribution in [2.45, 2.75) is 25.7 Å². The van der Waals surface area contributed by atoms with Gasteiger partial charge in [-0.3, -0.25) is 0 Å². The van der Waals surface area contributed by atoms with E-state index in [4.69, 9.17) is 5.73 Å². The van der Waals surface area contributed by atoms with Gasteiger partial charge in [0, 0.05) is 5.69 Å². The van der Waals surface area contributed by atoms with Gasteiger partial charge < -0.3 is 5.73 Å². The molecule has 0 aromatic heterocycles. The van der Waals surface area contributed by atoms with E-state index in [1.807, 2.05) is 24.3 Å². The van der Waals surface area contributed by atoms with E-state index in [0.717, 1.165) is 18.5 Å². The standard InChI is InChI=1S/C13H19NO2S/c1-10(11-2-4-13(14)5-3-11)12-6-8-17(15,16)9-7-12/h2-5,10,12H,6-9,14H2,1H3. The van der Waals surface area contributed by atoms with Crippen molar-refractivity contribution in [2.75, 3.05) is 17.2 Å². The van der Waals surface area contributed by atoms with Gasteiger partial charge in [0.05, 0.1) is 11.5 Å². The molecular weight excluding hydrogens is 234 g/mol. The number of anilines is 1. The first kappa shape index (κ1) is 12.4. The molecule has 0 aliphatic carbocycles. The lowest BCUT2D eigenvalue weighted by Gasteiger charge is -2.28. The van der Waals surface area contributed by atoms with Gasteiger partial charge in [-0.2, -0.15) is 0 Å². The molecule has 0 spiro atoms. The molecule has 3 nitrogen and oxygen atoms in total. The summed E-state index contributed by atoms with van der Waals surface area (Å²) in [5.41, 5.74) is 7.69. The van der Waals surface area contributed by atoms with Crippen molar-refractivity contribution in [2.24, 2.45) is 5.92 Å². The van der Waals surface area contributed by atoms with Gasteiger partial charge in [-0.15, -0.1) is 0 Å².